The Morgan fingerprint density at radius 2 is 2.14 bits per heavy atom. The lowest BCUT2D eigenvalue weighted by Crippen LogP contribution is -2.16. The normalized spacial score (nSPS) is 18.1. The summed E-state index contributed by atoms with van der Waals surface area (Å²) in [7, 11) is 0. The number of tetrazole rings is 1. The number of benzene rings is 1. The maximum Gasteiger partial charge on any atom is 0.214 e. The van der Waals surface area contributed by atoms with Crippen molar-refractivity contribution in [2.24, 2.45) is 0 Å². The predicted molar refractivity (Wildman–Crippen MR) is 76.5 cm³/mol. The van der Waals surface area contributed by atoms with E-state index in [0.717, 1.165) is 28.5 Å². The molecule has 2 aliphatic rings. The molecule has 1 N–H and O–H groups in total. The second-order valence-electron chi connectivity index (χ2n) is 5.65. The zero-order chi connectivity index (χ0) is 14.2. The molecule has 110 valence electrons. The topological polar surface area (TPSA) is 55.6 Å². The molecule has 2 aliphatic carbocycles. The Balaban J connectivity index is 1.56. The average molecular weight is 305 g/mol. The van der Waals surface area contributed by atoms with Crippen LogP contribution in [0.4, 0.5) is 4.39 Å². The Hall–Kier alpha value is -1.47. The van der Waals surface area contributed by atoms with Gasteiger partial charge >= 0.3 is 0 Å². The Morgan fingerprint density at radius 1 is 1.29 bits per heavy atom. The molecule has 1 aromatic carbocycles. The second-order valence-corrected chi connectivity index (χ2v) is 6.66. The minimum absolute atomic E-state index is 0.200. The first-order chi connectivity index (χ1) is 10.3. The second kappa shape index (κ2) is 5.38. The lowest BCUT2D eigenvalue weighted by Gasteiger charge is -2.10. The van der Waals surface area contributed by atoms with Gasteiger partial charge in [-0.25, -0.2) is 9.07 Å². The SMILES string of the molecule is Fc1ccc(Sc2nnnn2C2CC2)c(CNC2CC2)c1. The fourth-order valence-corrected chi connectivity index (χ4v) is 3.18. The summed E-state index contributed by atoms with van der Waals surface area (Å²) in [4.78, 5) is 1.02. The van der Waals surface area contributed by atoms with Crippen molar-refractivity contribution in [3.8, 4) is 0 Å². The fourth-order valence-electron chi connectivity index (χ4n) is 2.23. The van der Waals surface area contributed by atoms with Crippen molar-refractivity contribution >= 4 is 11.8 Å². The predicted octanol–water partition coefficient (Wildman–Crippen LogP) is 2.55. The van der Waals surface area contributed by atoms with E-state index in [1.807, 2.05) is 10.7 Å². The third kappa shape index (κ3) is 3.08. The van der Waals surface area contributed by atoms with Gasteiger partial charge in [0.05, 0.1) is 6.04 Å². The summed E-state index contributed by atoms with van der Waals surface area (Å²) in [5, 5.41) is 16.1. The van der Waals surface area contributed by atoms with E-state index in [0.29, 0.717) is 18.6 Å². The lowest BCUT2D eigenvalue weighted by atomic mass is 10.2. The van der Waals surface area contributed by atoms with Crippen molar-refractivity contribution in [1.82, 2.24) is 25.5 Å². The molecule has 5 nitrogen and oxygen atoms in total. The van der Waals surface area contributed by atoms with Crippen molar-refractivity contribution in [1.29, 1.82) is 0 Å². The van der Waals surface area contributed by atoms with Gasteiger partial charge in [-0.1, -0.05) is 0 Å². The number of rotatable bonds is 6. The van der Waals surface area contributed by atoms with E-state index >= 15 is 0 Å². The highest BCUT2D eigenvalue weighted by Crippen LogP contribution is 2.38. The van der Waals surface area contributed by atoms with Crippen molar-refractivity contribution in [2.45, 2.75) is 54.4 Å². The molecule has 4 rings (SSSR count). The Bertz CT molecular complexity index is 651. The molecule has 2 aromatic rings. The van der Waals surface area contributed by atoms with Crippen LogP contribution in [0.25, 0.3) is 0 Å². The third-order valence-electron chi connectivity index (χ3n) is 3.74. The van der Waals surface area contributed by atoms with E-state index in [1.165, 1.54) is 30.7 Å². The molecule has 0 unspecified atom stereocenters. The van der Waals surface area contributed by atoms with Crippen LogP contribution in [0.1, 0.15) is 37.3 Å². The van der Waals surface area contributed by atoms with Crippen LogP contribution in [-0.2, 0) is 6.54 Å². The molecule has 0 bridgehead atoms. The zero-order valence-electron chi connectivity index (χ0n) is 11.5. The summed E-state index contributed by atoms with van der Waals surface area (Å²) >= 11 is 1.52. The van der Waals surface area contributed by atoms with Crippen LogP contribution in [0.3, 0.4) is 0 Å². The van der Waals surface area contributed by atoms with Crippen molar-refractivity contribution in [2.75, 3.05) is 0 Å². The molecule has 21 heavy (non-hydrogen) atoms. The van der Waals surface area contributed by atoms with E-state index in [4.69, 9.17) is 0 Å². The summed E-state index contributed by atoms with van der Waals surface area (Å²) in [6.45, 7) is 0.690. The molecule has 1 aromatic heterocycles. The molecular formula is C14H16FN5S. The van der Waals surface area contributed by atoms with Gasteiger partial charge in [-0.15, -0.1) is 5.10 Å². The summed E-state index contributed by atoms with van der Waals surface area (Å²) in [5.41, 5.74) is 0.970. The summed E-state index contributed by atoms with van der Waals surface area (Å²) in [6, 6.07) is 5.95. The molecular weight excluding hydrogens is 289 g/mol. The molecule has 0 amide bonds. The van der Waals surface area contributed by atoms with Crippen molar-refractivity contribution in [3.63, 3.8) is 0 Å². The Morgan fingerprint density at radius 3 is 2.90 bits per heavy atom. The number of hydrogen-bond acceptors (Lipinski definition) is 5. The molecule has 2 saturated carbocycles. The van der Waals surface area contributed by atoms with Crippen LogP contribution in [-0.4, -0.2) is 26.2 Å². The molecule has 0 spiro atoms. The first-order valence-corrected chi connectivity index (χ1v) is 8.09. The van der Waals surface area contributed by atoms with Gasteiger partial charge in [0.2, 0.25) is 5.16 Å². The third-order valence-corrected chi connectivity index (χ3v) is 4.81. The van der Waals surface area contributed by atoms with E-state index < -0.39 is 0 Å². The molecule has 0 atom stereocenters. The molecule has 7 heteroatoms. The maximum absolute atomic E-state index is 13.5. The molecule has 0 aliphatic heterocycles. The largest absolute Gasteiger partial charge is 0.310 e. The molecule has 1 heterocycles. The van der Waals surface area contributed by atoms with Crippen LogP contribution >= 0.6 is 11.8 Å². The van der Waals surface area contributed by atoms with Gasteiger partial charge < -0.3 is 5.32 Å². The molecule has 0 saturated heterocycles. The average Bonchev–Trinajstić information content (AvgIpc) is 3.40. The van der Waals surface area contributed by atoms with Crippen LogP contribution in [0.5, 0.6) is 0 Å². The van der Waals surface area contributed by atoms with Crippen LogP contribution in [0.15, 0.2) is 28.3 Å². The van der Waals surface area contributed by atoms with Crippen LogP contribution in [0, 0.1) is 5.82 Å². The van der Waals surface area contributed by atoms with Gasteiger partial charge in [-0.2, -0.15) is 0 Å². The fraction of sp³-hybridized carbons (Fsp3) is 0.500. The minimum atomic E-state index is -0.200. The van der Waals surface area contributed by atoms with Gasteiger partial charge in [0.25, 0.3) is 0 Å². The summed E-state index contributed by atoms with van der Waals surface area (Å²) in [5.74, 6) is -0.200. The maximum atomic E-state index is 13.5. The van der Waals surface area contributed by atoms with Crippen LogP contribution in [0.2, 0.25) is 0 Å². The monoisotopic (exact) mass is 305 g/mol. The number of aromatic nitrogens is 4. The number of halogens is 1. The number of nitrogens with zero attached hydrogens (tertiary/aromatic N) is 4. The highest BCUT2D eigenvalue weighted by atomic mass is 32.2. The lowest BCUT2D eigenvalue weighted by molar-refractivity contribution is 0.565. The highest BCUT2D eigenvalue weighted by Gasteiger charge is 2.28. The minimum Gasteiger partial charge on any atom is -0.310 e. The van der Waals surface area contributed by atoms with Gasteiger partial charge in [0, 0.05) is 17.5 Å². The molecule has 2 fully saturated rings. The standard InChI is InChI=1S/C14H16FN5S/c15-10-1-6-13(9(7-10)8-16-11-2-3-11)21-14-17-18-19-20(14)12-4-5-12/h1,6-7,11-12,16H,2-5,8H2. The van der Waals surface area contributed by atoms with Crippen LogP contribution < -0.4 is 5.32 Å². The van der Waals surface area contributed by atoms with Gasteiger partial charge in [0.15, 0.2) is 0 Å². The van der Waals surface area contributed by atoms with Gasteiger partial charge in [-0.3, -0.25) is 0 Å². The first kappa shape index (κ1) is 13.2. The molecule has 0 radical (unpaired) electrons. The van der Waals surface area contributed by atoms with E-state index in [2.05, 4.69) is 20.8 Å². The Labute approximate surface area is 126 Å². The van der Waals surface area contributed by atoms with Crippen molar-refractivity contribution < 1.29 is 4.39 Å². The van der Waals surface area contributed by atoms with Gasteiger partial charge in [-0.05, 0) is 71.6 Å². The highest BCUT2D eigenvalue weighted by molar-refractivity contribution is 7.99. The number of hydrogen-bond donors (Lipinski definition) is 1. The van der Waals surface area contributed by atoms with E-state index in [1.54, 1.807) is 6.07 Å². The van der Waals surface area contributed by atoms with Crippen molar-refractivity contribution in [3.05, 3.63) is 29.6 Å². The quantitative estimate of drug-likeness (QED) is 0.889. The summed E-state index contributed by atoms with van der Waals surface area (Å²) in [6.07, 6.45) is 4.71. The van der Waals surface area contributed by atoms with Gasteiger partial charge in [0.1, 0.15) is 5.82 Å². The zero-order valence-corrected chi connectivity index (χ0v) is 12.3. The smallest absolute Gasteiger partial charge is 0.214 e. The number of nitrogens with one attached hydrogen (secondary N) is 1. The first-order valence-electron chi connectivity index (χ1n) is 7.27. The van der Waals surface area contributed by atoms with E-state index in [9.17, 15) is 4.39 Å². The Kier molecular flexibility index (Phi) is 3.39. The summed E-state index contributed by atoms with van der Waals surface area (Å²) < 4.78 is 15.4. The van der Waals surface area contributed by atoms with E-state index in [-0.39, 0.29) is 5.82 Å².